The van der Waals surface area contributed by atoms with Gasteiger partial charge in [0, 0.05) is 35.9 Å². The SMILES string of the molecule is CN(Cc1nc2ccc(Cl)cc2[nH]1)Cc1cn(C)nc1-c1ccccc1F. The van der Waals surface area contributed by atoms with Gasteiger partial charge in [-0.1, -0.05) is 23.7 Å². The zero-order valence-corrected chi connectivity index (χ0v) is 15.8. The Morgan fingerprint density at radius 2 is 2.00 bits per heavy atom. The Morgan fingerprint density at radius 3 is 2.81 bits per heavy atom. The lowest BCUT2D eigenvalue weighted by Gasteiger charge is -2.15. The number of hydrogen-bond donors (Lipinski definition) is 1. The van der Waals surface area contributed by atoms with Gasteiger partial charge in [0.15, 0.2) is 0 Å². The first kappa shape index (κ1) is 17.7. The van der Waals surface area contributed by atoms with E-state index in [0.717, 1.165) is 22.4 Å². The number of hydrogen-bond acceptors (Lipinski definition) is 3. The highest BCUT2D eigenvalue weighted by Crippen LogP contribution is 2.26. The molecule has 4 aromatic rings. The molecule has 1 N–H and O–H groups in total. The van der Waals surface area contributed by atoms with Gasteiger partial charge in [-0.2, -0.15) is 5.10 Å². The van der Waals surface area contributed by atoms with E-state index in [1.165, 1.54) is 6.07 Å². The van der Waals surface area contributed by atoms with Crippen LogP contribution in [0.5, 0.6) is 0 Å². The Hall–Kier alpha value is -2.70. The van der Waals surface area contributed by atoms with Crippen LogP contribution in [-0.4, -0.2) is 31.7 Å². The number of aromatic nitrogens is 4. The van der Waals surface area contributed by atoms with Crippen LogP contribution in [0.4, 0.5) is 4.39 Å². The zero-order chi connectivity index (χ0) is 19.0. The highest BCUT2D eigenvalue weighted by atomic mass is 35.5. The van der Waals surface area contributed by atoms with Crippen LogP contribution in [0.15, 0.2) is 48.7 Å². The molecular weight excluding hydrogens is 365 g/mol. The highest BCUT2D eigenvalue weighted by Gasteiger charge is 2.16. The van der Waals surface area contributed by atoms with Crippen LogP contribution in [0, 0.1) is 5.82 Å². The van der Waals surface area contributed by atoms with Gasteiger partial charge in [0.2, 0.25) is 0 Å². The quantitative estimate of drug-likeness (QED) is 0.556. The molecule has 0 saturated heterocycles. The Balaban J connectivity index is 1.56. The molecule has 0 radical (unpaired) electrons. The zero-order valence-electron chi connectivity index (χ0n) is 15.1. The second-order valence-corrected chi connectivity index (χ2v) is 7.11. The van der Waals surface area contributed by atoms with Gasteiger partial charge in [-0.25, -0.2) is 9.37 Å². The van der Waals surface area contributed by atoms with Gasteiger partial charge < -0.3 is 4.98 Å². The molecule has 0 fully saturated rings. The smallest absolute Gasteiger partial charge is 0.132 e. The summed E-state index contributed by atoms with van der Waals surface area (Å²) in [5.41, 5.74) is 3.94. The average Bonchev–Trinajstić information content (AvgIpc) is 3.17. The molecule has 2 aromatic carbocycles. The molecule has 2 heterocycles. The Morgan fingerprint density at radius 1 is 1.19 bits per heavy atom. The topological polar surface area (TPSA) is 49.7 Å². The predicted molar refractivity (Wildman–Crippen MR) is 105 cm³/mol. The molecule has 0 aliphatic heterocycles. The summed E-state index contributed by atoms with van der Waals surface area (Å²) >= 11 is 6.03. The molecule has 0 atom stereocenters. The number of halogens is 2. The first-order chi connectivity index (χ1) is 13.0. The van der Waals surface area contributed by atoms with Gasteiger partial charge in [-0.3, -0.25) is 9.58 Å². The third-order valence-electron chi connectivity index (χ3n) is 4.39. The summed E-state index contributed by atoms with van der Waals surface area (Å²) in [6.07, 6.45) is 1.93. The molecule has 0 unspecified atom stereocenters. The summed E-state index contributed by atoms with van der Waals surface area (Å²) < 4.78 is 15.9. The fraction of sp³-hybridized carbons (Fsp3) is 0.200. The Bertz CT molecular complexity index is 1100. The summed E-state index contributed by atoms with van der Waals surface area (Å²) in [7, 11) is 3.84. The van der Waals surface area contributed by atoms with E-state index in [9.17, 15) is 4.39 Å². The number of aryl methyl sites for hydroxylation is 1. The second-order valence-electron chi connectivity index (χ2n) is 6.67. The molecule has 27 heavy (non-hydrogen) atoms. The van der Waals surface area contributed by atoms with E-state index >= 15 is 0 Å². The van der Waals surface area contributed by atoms with Crippen molar-refractivity contribution in [1.29, 1.82) is 0 Å². The number of H-pyrrole nitrogens is 1. The van der Waals surface area contributed by atoms with Crippen LogP contribution < -0.4 is 0 Å². The van der Waals surface area contributed by atoms with Gasteiger partial charge >= 0.3 is 0 Å². The number of nitrogens with one attached hydrogen (secondary N) is 1. The fourth-order valence-corrected chi connectivity index (χ4v) is 3.42. The van der Waals surface area contributed by atoms with Crippen LogP contribution in [-0.2, 0) is 20.1 Å². The lowest BCUT2D eigenvalue weighted by Crippen LogP contribution is -2.18. The van der Waals surface area contributed by atoms with Gasteiger partial charge in [0.05, 0.1) is 23.3 Å². The van der Waals surface area contributed by atoms with Crippen molar-refractivity contribution in [3.63, 3.8) is 0 Å². The van der Waals surface area contributed by atoms with Crippen molar-refractivity contribution in [2.75, 3.05) is 7.05 Å². The van der Waals surface area contributed by atoms with Crippen molar-refractivity contribution in [2.45, 2.75) is 13.1 Å². The normalized spacial score (nSPS) is 11.6. The van der Waals surface area contributed by atoms with Crippen LogP contribution in [0.1, 0.15) is 11.4 Å². The fourth-order valence-electron chi connectivity index (χ4n) is 3.25. The molecular formula is C20H19ClFN5. The largest absolute Gasteiger partial charge is 0.341 e. The minimum Gasteiger partial charge on any atom is -0.341 e. The van der Waals surface area contributed by atoms with Crippen LogP contribution in [0.3, 0.4) is 0 Å². The summed E-state index contributed by atoms with van der Waals surface area (Å²) in [4.78, 5) is 10.0. The summed E-state index contributed by atoms with van der Waals surface area (Å²) in [5.74, 6) is 0.584. The maximum absolute atomic E-state index is 14.2. The van der Waals surface area contributed by atoms with Crippen LogP contribution >= 0.6 is 11.6 Å². The molecule has 0 bridgehead atoms. The Kier molecular flexibility index (Phi) is 4.68. The maximum atomic E-state index is 14.2. The van der Waals surface area contributed by atoms with Crippen LogP contribution in [0.25, 0.3) is 22.3 Å². The van der Waals surface area contributed by atoms with E-state index in [4.69, 9.17) is 11.6 Å². The minimum absolute atomic E-state index is 0.269. The lowest BCUT2D eigenvalue weighted by atomic mass is 10.1. The Labute approximate surface area is 161 Å². The molecule has 0 aliphatic rings. The molecule has 5 nitrogen and oxygen atoms in total. The van der Waals surface area contributed by atoms with Crippen molar-refractivity contribution in [3.8, 4) is 11.3 Å². The van der Waals surface area contributed by atoms with Crippen LogP contribution in [0.2, 0.25) is 5.02 Å². The average molecular weight is 384 g/mol. The molecule has 0 spiro atoms. The summed E-state index contributed by atoms with van der Waals surface area (Å²) in [5, 5.41) is 5.13. The third kappa shape index (κ3) is 3.72. The molecule has 138 valence electrons. The summed E-state index contributed by atoms with van der Waals surface area (Å²) in [6, 6.07) is 12.3. The van der Waals surface area contributed by atoms with Gasteiger partial charge in [0.25, 0.3) is 0 Å². The number of fused-ring (bicyclic) bond motifs is 1. The van der Waals surface area contributed by atoms with E-state index in [-0.39, 0.29) is 5.82 Å². The molecule has 0 saturated carbocycles. The number of rotatable bonds is 5. The molecule has 4 rings (SSSR count). The number of nitrogens with zero attached hydrogens (tertiary/aromatic N) is 4. The third-order valence-corrected chi connectivity index (χ3v) is 4.62. The molecule has 2 aromatic heterocycles. The number of aromatic amines is 1. The first-order valence-corrected chi connectivity index (χ1v) is 8.97. The van der Waals surface area contributed by atoms with E-state index < -0.39 is 0 Å². The molecule has 0 aliphatic carbocycles. The lowest BCUT2D eigenvalue weighted by molar-refractivity contribution is 0.312. The summed E-state index contributed by atoms with van der Waals surface area (Å²) in [6.45, 7) is 1.24. The highest BCUT2D eigenvalue weighted by molar-refractivity contribution is 6.31. The molecule has 7 heteroatoms. The molecule has 0 amide bonds. The van der Waals surface area contributed by atoms with Gasteiger partial charge in [-0.15, -0.1) is 0 Å². The monoisotopic (exact) mass is 383 g/mol. The van der Waals surface area contributed by atoms with E-state index in [1.807, 2.05) is 44.6 Å². The van der Waals surface area contributed by atoms with Crippen molar-refractivity contribution in [2.24, 2.45) is 7.05 Å². The van der Waals surface area contributed by atoms with E-state index in [0.29, 0.717) is 29.4 Å². The van der Waals surface area contributed by atoms with Gasteiger partial charge in [-0.05, 0) is 37.4 Å². The van der Waals surface area contributed by atoms with Gasteiger partial charge in [0.1, 0.15) is 11.6 Å². The number of imidazole rings is 1. The first-order valence-electron chi connectivity index (χ1n) is 8.60. The minimum atomic E-state index is -0.269. The van der Waals surface area contributed by atoms with Crippen molar-refractivity contribution in [1.82, 2.24) is 24.6 Å². The number of benzene rings is 2. The van der Waals surface area contributed by atoms with E-state index in [2.05, 4.69) is 20.0 Å². The standard InChI is InChI=1S/C20H19ClFN5/c1-26(12-19-23-17-8-7-14(21)9-18(17)24-19)10-13-11-27(2)25-20(13)15-5-3-4-6-16(15)22/h3-9,11H,10,12H2,1-2H3,(H,23,24). The maximum Gasteiger partial charge on any atom is 0.132 e. The van der Waals surface area contributed by atoms with Crippen molar-refractivity contribution >= 4 is 22.6 Å². The predicted octanol–water partition coefficient (Wildman–Crippen LogP) is 4.39. The second kappa shape index (κ2) is 7.13. The van der Waals surface area contributed by atoms with E-state index in [1.54, 1.807) is 16.8 Å². The van der Waals surface area contributed by atoms with Crippen molar-refractivity contribution < 1.29 is 4.39 Å². The van der Waals surface area contributed by atoms with Crippen molar-refractivity contribution in [3.05, 3.63) is 70.9 Å².